The molecule has 0 bridgehead atoms. The van der Waals surface area contributed by atoms with E-state index in [0.29, 0.717) is 0 Å². The molecule has 3 nitrogen and oxygen atoms in total. The molecule has 0 aromatic heterocycles. The highest BCUT2D eigenvalue weighted by atomic mass is 28.3. The Balaban J connectivity index is 2.75. The van der Waals surface area contributed by atoms with E-state index in [9.17, 15) is 0 Å². The van der Waals surface area contributed by atoms with Gasteiger partial charge in [0.1, 0.15) is 0 Å². The van der Waals surface area contributed by atoms with Crippen molar-refractivity contribution in [3.8, 4) is 0 Å². The minimum atomic E-state index is -0.990. The van der Waals surface area contributed by atoms with Gasteiger partial charge in [0.15, 0.2) is 0 Å². The van der Waals surface area contributed by atoms with Gasteiger partial charge in [0, 0.05) is 19.6 Å². The predicted molar refractivity (Wildman–Crippen MR) is 175 cm³/mol. The summed E-state index contributed by atoms with van der Waals surface area (Å²) < 4.78 is 0. The van der Waals surface area contributed by atoms with Crippen LogP contribution in [0.5, 0.6) is 0 Å². The summed E-state index contributed by atoms with van der Waals surface area (Å²) >= 11 is 0. The van der Waals surface area contributed by atoms with Crippen molar-refractivity contribution >= 4 is 24.2 Å². The Morgan fingerprint density at radius 3 is 0.722 bits per heavy atom. The molecule has 36 heavy (non-hydrogen) atoms. The molecule has 0 amide bonds. The molecule has 1 heterocycles. The van der Waals surface area contributed by atoms with Crippen LogP contribution < -0.4 is 0 Å². The maximum Gasteiger partial charge on any atom is 0.0529 e. The van der Waals surface area contributed by atoms with Gasteiger partial charge in [0.05, 0.1) is 44.2 Å². The van der Waals surface area contributed by atoms with E-state index in [1.807, 2.05) is 0 Å². The van der Waals surface area contributed by atoms with Crippen LogP contribution in [0.4, 0.5) is 0 Å². The Bertz CT molecular complexity index is 441. The molecular formula is C30H69N3Si3. The first-order valence-electron chi connectivity index (χ1n) is 16.5. The third kappa shape index (κ3) is 10.6. The standard InChI is InChI=1S/C30H69N3Si3/c1-10-34(11-2,12-3)25-19-22-31-28-32(23-20-26-35(13-4,14-5)15-6)30-33(29-31)24-21-27-36(16-7,17-8)18-9/h10-30H2,1-9H3. The topological polar surface area (TPSA) is 9.72 Å². The van der Waals surface area contributed by atoms with E-state index in [-0.39, 0.29) is 0 Å². The molecule has 0 aromatic carbocycles. The van der Waals surface area contributed by atoms with Gasteiger partial charge in [-0.05, 0) is 19.3 Å². The van der Waals surface area contributed by atoms with E-state index >= 15 is 0 Å². The second-order valence-electron chi connectivity index (χ2n) is 12.6. The lowest BCUT2D eigenvalue weighted by Gasteiger charge is -2.43. The van der Waals surface area contributed by atoms with Crippen LogP contribution in [-0.4, -0.2) is 78.6 Å². The van der Waals surface area contributed by atoms with Crippen LogP contribution in [0.1, 0.15) is 81.6 Å². The zero-order valence-corrected chi connectivity index (χ0v) is 29.7. The van der Waals surface area contributed by atoms with Crippen LogP contribution in [-0.2, 0) is 0 Å². The molecule has 0 atom stereocenters. The summed E-state index contributed by atoms with van der Waals surface area (Å²) in [5.74, 6) is 0. The molecule has 1 aliphatic heterocycles. The van der Waals surface area contributed by atoms with E-state index in [1.165, 1.54) is 113 Å². The molecule has 1 rings (SSSR count). The molecular weight excluding hydrogens is 487 g/mol. The second-order valence-corrected chi connectivity index (χ2v) is 29.5. The summed E-state index contributed by atoms with van der Waals surface area (Å²) in [6.45, 7) is 29.9. The van der Waals surface area contributed by atoms with Crippen LogP contribution in [0.15, 0.2) is 0 Å². The SMILES string of the molecule is CC[Si](CC)(CC)CCCN1CN(CCC[Si](CC)(CC)CC)CN(CCC[Si](CC)(CC)CC)C1. The average molecular weight is 556 g/mol. The van der Waals surface area contributed by atoms with Gasteiger partial charge in [-0.15, -0.1) is 0 Å². The lowest BCUT2D eigenvalue weighted by Crippen LogP contribution is -2.55. The predicted octanol–water partition coefficient (Wildman–Crippen LogP) is 9.47. The Morgan fingerprint density at radius 1 is 0.361 bits per heavy atom. The lowest BCUT2D eigenvalue weighted by molar-refractivity contribution is -0.0290. The first-order valence-corrected chi connectivity index (χ1v) is 24.9. The van der Waals surface area contributed by atoms with E-state index in [1.54, 1.807) is 18.1 Å². The molecule has 1 aliphatic rings. The minimum Gasteiger partial charge on any atom is -0.277 e. The van der Waals surface area contributed by atoms with Crippen molar-refractivity contribution < 1.29 is 0 Å². The summed E-state index contributed by atoms with van der Waals surface area (Å²) in [7, 11) is -2.97. The van der Waals surface area contributed by atoms with E-state index in [0.717, 1.165) is 0 Å². The molecule has 0 saturated carbocycles. The Labute approximate surface area is 232 Å². The highest BCUT2D eigenvalue weighted by molar-refractivity contribution is 6.80. The zero-order chi connectivity index (χ0) is 27.1. The molecule has 0 radical (unpaired) electrons. The Kier molecular flexibility index (Phi) is 17.3. The Hall–Kier alpha value is 0.531. The van der Waals surface area contributed by atoms with Crippen LogP contribution in [0.25, 0.3) is 0 Å². The third-order valence-corrected chi connectivity index (χ3v) is 29.2. The number of hydrogen-bond acceptors (Lipinski definition) is 3. The summed E-state index contributed by atoms with van der Waals surface area (Å²) in [5, 5.41) is 0. The van der Waals surface area contributed by atoms with Gasteiger partial charge < -0.3 is 0 Å². The fourth-order valence-corrected chi connectivity index (χ4v) is 17.7. The zero-order valence-electron chi connectivity index (χ0n) is 26.7. The van der Waals surface area contributed by atoms with Crippen molar-refractivity contribution in [3.63, 3.8) is 0 Å². The fraction of sp³-hybridized carbons (Fsp3) is 1.00. The first kappa shape index (κ1) is 34.6. The fourth-order valence-electron chi connectivity index (χ4n) is 7.28. The first-order chi connectivity index (χ1) is 17.3. The molecule has 0 unspecified atom stereocenters. The summed E-state index contributed by atoms with van der Waals surface area (Å²) in [4.78, 5) is 8.45. The van der Waals surface area contributed by atoms with Crippen molar-refractivity contribution in [1.82, 2.24) is 14.7 Å². The maximum absolute atomic E-state index is 2.82. The van der Waals surface area contributed by atoms with E-state index < -0.39 is 24.2 Å². The van der Waals surface area contributed by atoms with E-state index in [4.69, 9.17) is 0 Å². The molecule has 1 saturated heterocycles. The number of hydrogen-bond donors (Lipinski definition) is 0. The molecule has 6 heteroatoms. The van der Waals surface area contributed by atoms with Crippen molar-refractivity contribution in [2.24, 2.45) is 0 Å². The normalized spacial score (nSPS) is 17.2. The lowest BCUT2D eigenvalue weighted by atomic mass is 10.3. The second kappa shape index (κ2) is 18.0. The molecule has 0 aliphatic carbocycles. The smallest absolute Gasteiger partial charge is 0.0529 e. The van der Waals surface area contributed by atoms with Crippen molar-refractivity contribution in [1.29, 1.82) is 0 Å². The van der Waals surface area contributed by atoms with Gasteiger partial charge in [-0.1, -0.05) is 135 Å². The molecule has 216 valence electrons. The third-order valence-electron chi connectivity index (χ3n) is 11.5. The molecule has 0 spiro atoms. The van der Waals surface area contributed by atoms with Gasteiger partial charge in [-0.2, -0.15) is 0 Å². The molecule has 0 N–H and O–H groups in total. The molecule has 1 fully saturated rings. The van der Waals surface area contributed by atoms with Crippen molar-refractivity contribution in [2.45, 2.75) is 154 Å². The number of rotatable bonds is 21. The van der Waals surface area contributed by atoms with Gasteiger partial charge in [-0.3, -0.25) is 14.7 Å². The number of nitrogens with zero attached hydrogens (tertiary/aromatic N) is 3. The summed E-state index contributed by atoms with van der Waals surface area (Å²) in [5.41, 5.74) is 0. The maximum atomic E-state index is 2.82. The summed E-state index contributed by atoms with van der Waals surface area (Å²) in [6, 6.07) is 18.0. The summed E-state index contributed by atoms with van der Waals surface area (Å²) in [6.07, 6.45) is 4.29. The van der Waals surface area contributed by atoms with Gasteiger partial charge in [0.25, 0.3) is 0 Å². The van der Waals surface area contributed by atoms with Crippen LogP contribution in [0.3, 0.4) is 0 Å². The van der Waals surface area contributed by atoms with Crippen LogP contribution >= 0.6 is 0 Å². The Morgan fingerprint density at radius 2 is 0.556 bits per heavy atom. The largest absolute Gasteiger partial charge is 0.277 e. The molecule has 0 aromatic rings. The minimum absolute atomic E-state index is 0.990. The quantitative estimate of drug-likeness (QED) is 0.131. The van der Waals surface area contributed by atoms with Crippen molar-refractivity contribution in [3.05, 3.63) is 0 Å². The van der Waals surface area contributed by atoms with Gasteiger partial charge in [0.2, 0.25) is 0 Å². The van der Waals surface area contributed by atoms with Crippen LogP contribution in [0, 0.1) is 0 Å². The van der Waals surface area contributed by atoms with E-state index in [2.05, 4.69) is 77.0 Å². The van der Waals surface area contributed by atoms with Crippen molar-refractivity contribution in [2.75, 3.05) is 39.6 Å². The highest BCUT2D eigenvalue weighted by Gasteiger charge is 2.30. The monoisotopic (exact) mass is 555 g/mol. The van der Waals surface area contributed by atoms with Gasteiger partial charge >= 0.3 is 0 Å². The van der Waals surface area contributed by atoms with Crippen LogP contribution in [0.2, 0.25) is 72.5 Å². The van der Waals surface area contributed by atoms with Gasteiger partial charge in [-0.25, -0.2) is 0 Å². The average Bonchev–Trinajstić information content (AvgIpc) is 2.92. The highest BCUT2D eigenvalue weighted by Crippen LogP contribution is 2.29.